The second-order valence-corrected chi connectivity index (χ2v) is 5.49. The molecule has 0 fully saturated rings. The van der Waals surface area contributed by atoms with Gasteiger partial charge in [0.2, 0.25) is 0 Å². The lowest BCUT2D eigenvalue weighted by Gasteiger charge is -2.17. The molecule has 0 saturated heterocycles. The van der Waals surface area contributed by atoms with E-state index >= 15 is 0 Å². The van der Waals surface area contributed by atoms with Crippen molar-refractivity contribution in [3.05, 3.63) is 22.3 Å². The number of thiocarbonyl (C=S) groups is 1. The Hall–Kier alpha value is -2.20. The standard InChI is InChI=1S/C12H10N4O4S3/c1-19-11(18)10(20-8(17)5-13-6-21)16-9(14-15-12(16)22)7-3-2-4-23-7/h2-4,10H,5H2,1H3,(H,15,22). The van der Waals surface area contributed by atoms with Gasteiger partial charge in [0.25, 0.3) is 6.23 Å². The molecule has 0 aliphatic heterocycles. The lowest BCUT2D eigenvalue weighted by molar-refractivity contribution is -0.172. The summed E-state index contributed by atoms with van der Waals surface area (Å²) in [5, 5.41) is 10.5. The van der Waals surface area contributed by atoms with Crippen molar-refractivity contribution in [1.82, 2.24) is 14.8 Å². The van der Waals surface area contributed by atoms with Crippen LogP contribution < -0.4 is 0 Å². The Morgan fingerprint density at radius 1 is 1.61 bits per heavy atom. The molecule has 0 radical (unpaired) electrons. The fraction of sp³-hybridized carbons (Fsp3) is 0.250. The minimum Gasteiger partial charge on any atom is -0.465 e. The van der Waals surface area contributed by atoms with E-state index in [-0.39, 0.29) is 11.3 Å². The summed E-state index contributed by atoms with van der Waals surface area (Å²) in [6.07, 6.45) is -1.42. The van der Waals surface area contributed by atoms with Crippen LogP contribution in [0.5, 0.6) is 0 Å². The predicted molar refractivity (Wildman–Crippen MR) is 87.8 cm³/mol. The molecule has 0 aliphatic rings. The van der Waals surface area contributed by atoms with Gasteiger partial charge in [-0.3, -0.25) is 9.67 Å². The van der Waals surface area contributed by atoms with Crippen molar-refractivity contribution in [3.8, 4) is 10.7 Å². The molecule has 120 valence electrons. The topological polar surface area (TPSA) is 98.6 Å². The molecule has 1 unspecified atom stereocenters. The molecule has 2 rings (SSSR count). The molecule has 1 atom stereocenters. The molecule has 0 spiro atoms. The highest BCUT2D eigenvalue weighted by Gasteiger charge is 2.30. The fourth-order valence-electron chi connectivity index (χ4n) is 1.67. The largest absolute Gasteiger partial charge is 0.465 e. The number of aromatic amines is 1. The number of nitrogens with zero attached hydrogens (tertiary/aromatic N) is 3. The number of ether oxygens (including phenoxy) is 2. The lowest BCUT2D eigenvalue weighted by Crippen LogP contribution is -2.28. The van der Waals surface area contributed by atoms with E-state index in [2.05, 4.69) is 32.1 Å². The van der Waals surface area contributed by atoms with Crippen LogP contribution in [-0.4, -0.2) is 45.5 Å². The Labute approximate surface area is 144 Å². The number of thiophene rings is 1. The summed E-state index contributed by atoms with van der Waals surface area (Å²) in [7, 11) is 1.17. The fourth-order valence-corrected chi connectivity index (χ4v) is 2.67. The minimum atomic E-state index is -1.42. The highest BCUT2D eigenvalue weighted by Crippen LogP contribution is 2.26. The average molecular weight is 370 g/mol. The Kier molecular flexibility index (Phi) is 5.88. The minimum absolute atomic E-state index is 0.106. The van der Waals surface area contributed by atoms with Crippen LogP contribution in [-0.2, 0) is 19.1 Å². The first-order chi connectivity index (χ1) is 11.1. The second kappa shape index (κ2) is 7.88. The van der Waals surface area contributed by atoms with Gasteiger partial charge in [-0.25, -0.2) is 14.6 Å². The number of methoxy groups -OCH3 is 1. The van der Waals surface area contributed by atoms with E-state index in [4.69, 9.17) is 17.0 Å². The van der Waals surface area contributed by atoms with Gasteiger partial charge in [-0.15, -0.1) is 11.3 Å². The summed E-state index contributed by atoms with van der Waals surface area (Å²) < 4.78 is 11.2. The first-order valence-corrected chi connectivity index (χ1v) is 7.79. The van der Waals surface area contributed by atoms with E-state index < -0.39 is 18.2 Å². The maximum Gasteiger partial charge on any atom is 0.369 e. The van der Waals surface area contributed by atoms with E-state index in [9.17, 15) is 9.59 Å². The number of carbonyl (C=O) groups excluding carboxylic acids is 2. The van der Waals surface area contributed by atoms with Crippen LogP contribution in [0, 0.1) is 4.77 Å². The van der Waals surface area contributed by atoms with Crippen molar-refractivity contribution in [2.45, 2.75) is 6.23 Å². The smallest absolute Gasteiger partial charge is 0.369 e. The third-order valence-electron chi connectivity index (χ3n) is 2.60. The van der Waals surface area contributed by atoms with Crippen molar-refractivity contribution >= 4 is 52.9 Å². The van der Waals surface area contributed by atoms with Crippen molar-refractivity contribution in [1.29, 1.82) is 0 Å². The predicted octanol–water partition coefficient (Wildman–Crippen LogP) is 1.99. The van der Waals surface area contributed by atoms with Gasteiger partial charge in [0.1, 0.15) is 6.54 Å². The van der Waals surface area contributed by atoms with E-state index in [1.165, 1.54) is 23.0 Å². The number of carbonyl (C=O) groups is 2. The van der Waals surface area contributed by atoms with E-state index in [0.717, 1.165) is 4.88 Å². The number of esters is 2. The Morgan fingerprint density at radius 3 is 3.00 bits per heavy atom. The number of aromatic nitrogens is 3. The molecule has 0 saturated carbocycles. The third-order valence-corrected chi connectivity index (χ3v) is 3.88. The van der Waals surface area contributed by atoms with Gasteiger partial charge in [-0.1, -0.05) is 6.07 Å². The summed E-state index contributed by atoms with van der Waals surface area (Å²) >= 11 is 10.9. The summed E-state index contributed by atoms with van der Waals surface area (Å²) in [5.74, 6) is -1.23. The van der Waals surface area contributed by atoms with E-state index in [1.807, 2.05) is 16.6 Å². The van der Waals surface area contributed by atoms with Crippen molar-refractivity contribution in [2.75, 3.05) is 13.7 Å². The van der Waals surface area contributed by atoms with Crippen molar-refractivity contribution < 1.29 is 19.1 Å². The zero-order valence-corrected chi connectivity index (χ0v) is 14.2. The molecule has 0 amide bonds. The number of isothiocyanates is 1. The average Bonchev–Trinajstić information content (AvgIpc) is 3.19. The SMILES string of the molecule is COC(=O)C(OC(=O)CN=C=S)n1c(-c2cccs2)n[nH]c1=S. The van der Waals surface area contributed by atoms with Crippen molar-refractivity contribution in [2.24, 2.45) is 4.99 Å². The van der Waals surface area contributed by atoms with Gasteiger partial charge in [-0.2, -0.15) is 5.10 Å². The summed E-state index contributed by atoms with van der Waals surface area (Å²) in [6, 6.07) is 3.61. The number of hydrogen-bond donors (Lipinski definition) is 1. The molecule has 2 aromatic heterocycles. The van der Waals surface area contributed by atoms with Crippen LogP contribution in [0.15, 0.2) is 22.5 Å². The number of H-pyrrole nitrogens is 1. The second-order valence-electron chi connectivity index (χ2n) is 3.97. The molecule has 0 bridgehead atoms. The number of nitrogens with one attached hydrogen (secondary N) is 1. The molecule has 0 aromatic carbocycles. The monoisotopic (exact) mass is 370 g/mol. The van der Waals surface area contributed by atoms with E-state index in [1.54, 1.807) is 6.07 Å². The van der Waals surface area contributed by atoms with Crippen LogP contribution in [0.25, 0.3) is 10.7 Å². The quantitative estimate of drug-likeness (QED) is 0.472. The summed E-state index contributed by atoms with van der Waals surface area (Å²) in [4.78, 5) is 28.0. The lowest BCUT2D eigenvalue weighted by atomic mass is 10.4. The van der Waals surface area contributed by atoms with Crippen LogP contribution in [0.3, 0.4) is 0 Å². The highest BCUT2D eigenvalue weighted by molar-refractivity contribution is 7.78. The molecular formula is C12H10N4O4S3. The maximum atomic E-state index is 12.0. The van der Waals surface area contributed by atoms with E-state index in [0.29, 0.717) is 5.82 Å². The maximum absolute atomic E-state index is 12.0. The number of hydrogen-bond acceptors (Lipinski definition) is 9. The zero-order chi connectivity index (χ0) is 16.8. The number of aliphatic imine (C=N–C) groups is 1. The van der Waals surface area contributed by atoms with Crippen LogP contribution >= 0.6 is 35.8 Å². The Morgan fingerprint density at radius 2 is 2.39 bits per heavy atom. The number of rotatable bonds is 6. The van der Waals surface area contributed by atoms with Crippen LogP contribution in [0.4, 0.5) is 0 Å². The first kappa shape index (κ1) is 17.2. The molecule has 0 aliphatic carbocycles. The highest BCUT2D eigenvalue weighted by atomic mass is 32.1. The molecule has 11 heteroatoms. The molecule has 1 N–H and O–H groups in total. The van der Waals surface area contributed by atoms with Gasteiger partial charge >= 0.3 is 11.9 Å². The van der Waals surface area contributed by atoms with Gasteiger partial charge in [-0.05, 0) is 35.9 Å². The third kappa shape index (κ3) is 3.96. The van der Waals surface area contributed by atoms with Crippen LogP contribution in [0.1, 0.15) is 6.23 Å². The molecule has 2 heterocycles. The zero-order valence-electron chi connectivity index (χ0n) is 11.7. The molecule has 8 nitrogen and oxygen atoms in total. The normalized spacial score (nSPS) is 11.3. The van der Waals surface area contributed by atoms with Gasteiger partial charge in [0.05, 0.1) is 17.1 Å². The molecule has 23 heavy (non-hydrogen) atoms. The van der Waals surface area contributed by atoms with Gasteiger partial charge in [0.15, 0.2) is 10.6 Å². The summed E-state index contributed by atoms with van der Waals surface area (Å²) in [5.41, 5.74) is 0. The molecular weight excluding hydrogens is 360 g/mol. The summed E-state index contributed by atoms with van der Waals surface area (Å²) in [6.45, 7) is -0.365. The Bertz CT molecular complexity index is 805. The van der Waals surface area contributed by atoms with Crippen LogP contribution in [0.2, 0.25) is 0 Å². The van der Waals surface area contributed by atoms with Gasteiger partial charge < -0.3 is 9.47 Å². The molecule has 2 aromatic rings. The van der Waals surface area contributed by atoms with Crippen molar-refractivity contribution in [3.63, 3.8) is 0 Å². The first-order valence-electron chi connectivity index (χ1n) is 6.10. The Balaban J connectivity index is 2.42. The van der Waals surface area contributed by atoms with Gasteiger partial charge in [0, 0.05) is 0 Å².